The van der Waals surface area contributed by atoms with Gasteiger partial charge in [-0.05, 0) is 30.2 Å². The van der Waals surface area contributed by atoms with E-state index >= 15 is 0 Å². The molecule has 1 amide bonds. The molecular formula is C16H14N2O. The summed E-state index contributed by atoms with van der Waals surface area (Å²) < 4.78 is 0. The molecule has 0 aromatic heterocycles. The van der Waals surface area contributed by atoms with Crippen LogP contribution in [-0.2, 0) is 0 Å². The number of nitrogens with one attached hydrogen (secondary N) is 1. The number of aryl methyl sites for hydroxylation is 1. The van der Waals surface area contributed by atoms with Crippen LogP contribution in [0.2, 0.25) is 0 Å². The minimum atomic E-state index is -0.631. The molecule has 0 aliphatic carbocycles. The molecule has 3 heteroatoms. The summed E-state index contributed by atoms with van der Waals surface area (Å²) in [5.74, 6) is -0.240. The van der Waals surface area contributed by atoms with Gasteiger partial charge in [0.05, 0.1) is 6.07 Å². The Balaban J connectivity index is 2.20. The Morgan fingerprint density at radius 2 is 1.74 bits per heavy atom. The Kier molecular flexibility index (Phi) is 3.94. The lowest BCUT2D eigenvalue weighted by molar-refractivity contribution is 0.0945. The summed E-state index contributed by atoms with van der Waals surface area (Å²) in [5.41, 5.74) is 2.37. The zero-order valence-electron chi connectivity index (χ0n) is 10.6. The first-order valence-electron chi connectivity index (χ1n) is 6.03. The van der Waals surface area contributed by atoms with Crippen molar-refractivity contribution in [3.8, 4) is 6.07 Å². The summed E-state index contributed by atoms with van der Waals surface area (Å²) in [5, 5.41) is 12.0. The molecule has 0 bridgehead atoms. The fraction of sp³-hybridized carbons (Fsp3) is 0.125. The van der Waals surface area contributed by atoms with Gasteiger partial charge in [-0.25, -0.2) is 0 Å². The molecule has 1 N–H and O–H groups in total. The van der Waals surface area contributed by atoms with Gasteiger partial charge in [-0.1, -0.05) is 42.5 Å². The van der Waals surface area contributed by atoms with Gasteiger partial charge in [0.1, 0.15) is 6.04 Å². The molecule has 0 aliphatic rings. The van der Waals surface area contributed by atoms with Crippen molar-refractivity contribution in [1.29, 1.82) is 5.26 Å². The summed E-state index contributed by atoms with van der Waals surface area (Å²) >= 11 is 0. The standard InChI is InChI=1S/C16H14N2O/c1-12-7-5-6-10-14(12)15(11-17)18-16(19)13-8-3-2-4-9-13/h2-10,15H,1H3,(H,18,19). The third-order valence-corrected chi connectivity index (χ3v) is 2.94. The lowest BCUT2D eigenvalue weighted by Gasteiger charge is -2.14. The van der Waals surface area contributed by atoms with Gasteiger partial charge in [0.25, 0.3) is 5.91 Å². The smallest absolute Gasteiger partial charge is 0.252 e. The highest BCUT2D eigenvalue weighted by atomic mass is 16.1. The number of carbonyl (C=O) groups excluding carboxylic acids is 1. The summed E-state index contributed by atoms with van der Waals surface area (Å²) in [6, 6.07) is 17.9. The lowest BCUT2D eigenvalue weighted by atomic mass is 10.0. The van der Waals surface area contributed by atoms with Crippen molar-refractivity contribution in [2.45, 2.75) is 13.0 Å². The monoisotopic (exact) mass is 250 g/mol. The summed E-state index contributed by atoms with van der Waals surface area (Å²) in [7, 11) is 0. The molecule has 0 saturated heterocycles. The normalized spacial score (nSPS) is 11.4. The van der Waals surface area contributed by atoms with Crippen LogP contribution in [0.5, 0.6) is 0 Å². The number of amides is 1. The Morgan fingerprint density at radius 1 is 1.11 bits per heavy atom. The van der Waals surface area contributed by atoms with Crippen LogP contribution >= 0.6 is 0 Å². The van der Waals surface area contributed by atoms with Crippen LogP contribution in [0.15, 0.2) is 54.6 Å². The SMILES string of the molecule is Cc1ccccc1C(C#N)NC(=O)c1ccccc1. The van der Waals surface area contributed by atoms with E-state index in [0.717, 1.165) is 11.1 Å². The second-order valence-electron chi connectivity index (χ2n) is 4.26. The highest BCUT2D eigenvalue weighted by Crippen LogP contribution is 2.17. The molecule has 1 unspecified atom stereocenters. The Bertz CT molecular complexity index is 614. The average molecular weight is 250 g/mol. The first-order chi connectivity index (χ1) is 9.22. The lowest BCUT2D eigenvalue weighted by Crippen LogP contribution is -2.28. The maximum atomic E-state index is 12.0. The fourth-order valence-corrected chi connectivity index (χ4v) is 1.89. The van der Waals surface area contributed by atoms with E-state index in [9.17, 15) is 10.1 Å². The third-order valence-electron chi connectivity index (χ3n) is 2.94. The fourth-order valence-electron chi connectivity index (χ4n) is 1.89. The molecule has 0 fully saturated rings. The number of benzene rings is 2. The van der Waals surface area contributed by atoms with Gasteiger partial charge in [0.15, 0.2) is 0 Å². The van der Waals surface area contributed by atoms with Crippen molar-refractivity contribution in [3.63, 3.8) is 0 Å². The van der Waals surface area contributed by atoms with E-state index in [1.807, 2.05) is 37.3 Å². The average Bonchev–Trinajstić information content (AvgIpc) is 2.46. The van der Waals surface area contributed by atoms with Crippen molar-refractivity contribution in [1.82, 2.24) is 5.32 Å². The molecule has 2 aromatic rings. The van der Waals surface area contributed by atoms with E-state index in [0.29, 0.717) is 5.56 Å². The third kappa shape index (κ3) is 2.99. The largest absolute Gasteiger partial charge is 0.332 e. The highest BCUT2D eigenvalue weighted by Gasteiger charge is 2.16. The number of rotatable bonds is 3. The molecule has 0 radical (unpaired) electrons. The Morgan fingerprint density at radius 3 is 2.37 bits per heavy atom. The number of carbonyl (C=O) groups is 1. The van der Waals surface area contributed by atoms with E-state index in [2.05, 4.69) is 11.4 Å². The Hall–Kier alpha value is -2.60. The Labute approximate surface area is 112 Å². The molecule has 3 nitrogen and oxygen atoms in total. The number of nitriles is 1. The van der Waals surface area contributed by atoms with Gasteiger partial charge < -0.3 is 5.32 Å². The molecule has 0 saturated carbocycles. The van der Waals surface area contributed by atoms with E-state index in [1.54, 1.807) is 24.3 Å². The second-order valence-corrected chi connectivity index (χ2v) is 4.26. The molecule has 2 aromatic carbocycles. The first kappa shape index (κ1) is 12.8. The van der Waals surface area contributed by atoms with Crippen LogP contribution in [0.3, 0.4) is 0 Å². The van der Waals surface area contributed by atoms with Gasteiger partial charge >= 0.3 is 0 Å². The maximum Gasteiger partial charge on any atom is 0.252 e. The van der Waals surface area contributed by atoms with Crippen LogP contribution in [0.1, 0.15) is 27.5 Å². The van der Waals surface area contributed by atoms with E-state index in [4.69, 9.17) is 0 Å². The van der Waals surface area contributed by atoms with Gasteiger partial charge in [-0.2, -0.15) is 5.26 Å². The maximum absolute atomic E-state index is 12.0. The van der Waals surface area contributed by atoms with E-state index < -0.39 is 6.04 Å². The molecular weight excluding hydrogens is 236 g/mol. The molecule has 94 valence electrons. The van der Waals surface area contributed by atoms with Gasteiger partial charge in [-0.15, -0.1) is 0 Å². The molecule has 19 heavy (non-hydrogen) atoms. The minimum Gasteiger partial charge on any atom is -0.332 e. The quantitative estimate of drug-likeness (QED) is 0.910. The van der Waals surface area contributed by atoms with Crippen LogP contribution < -0.4 is 5.32 Å². The summed E-state index contributed by atoms with van der Waals surface area (Å²) in [6.07, 6.45) is 0. The van der Waals surface area contributed by atoms with Crippen LogP contribution in [-0.4, -0.2) is 5.91 Å². The zero-order chi connectivity index (χ0) is 13.7. The predicted octanol–water partition coefficient (Wildman–Crippen LogP) is 2.99. The molecule has 0 spiro atoms. The number of hydrogen-bond donors (Lipinski definition) is 1. The number of hydrogen-bond acceptors (Lipinski definition) is 2. The molecule has 0 heterocycles. The van der Waals surface area contributed by atoms with Crippen LogP contribution in [0.4, 0.5) is 0 Å². The van der Waals surface area contributed by atoms with E-state index in [1.165, 1.54) is 0 Å². The second kappa shape index (κ2) is 5.83. The van der Waals surface area contributed by atoms with Crippen molar-refractivity contribution < 1.29 is 4.79 Å². The van der Waals surface area contributed by atoms with Crippen molar-refractivity contribution in [2.24, 2.45) is 0 Å². The molecule has 0 aliphatic heterocycles. The van der Waals surface area contributed by atoms with Crippen molar-refractivity contribution >= 4 is 5.91 Å². The molecule has 2 rings (SSSR count). The van der Waals surface area contributed by atoms with Crippen molar-refractivity contribution in [2.75, 3.05) is 0 Å². The van der Waals surface area contributed by atoms with E-state index in [-0.39, 0.29) is 5.91 Å². The van der Waals surface area contributed by atoms with Gasteiger partial charge in [-0.3, -0.25) is 4.79 Å². The van der Waals surface area contributed by atoms with Crippen LogP contribution in [0, 0.1) is 18.3 Å². The summed E-state index contributed by atoms with van der Waals surface area (Å²) in [6.45, 7) is 1.92. The topological polar surface area (TPSA) is 52.9 Å². The number of nitrogens with zero attached hydrogens (tertiary/aromatic N) is 1. The van der Waals surface area contributed by atoms with Crippen molar-refractivity contribution in [3.05, 3.63) is 71.3 Å². The molecule has 1 atom stereocenters. The summed E-state index contributed by atoms with van der Waals surface area (Å²) in [4.78, 5) is 12.0. The minimum absolute atomic E-state index is 0.240. The highest BCUT2D eigenvalue weighted by molar-refractivity contribution is 5.94. The van der Waals surface area contributed by atoms with Gasteiger partial charge in [0.2, 0.25) is 0 Å². The zero-order valence-corrected chi connectivity index (χ0v) is 10.6. The van der Waals surface area contributed by atoms with Crippen LogP contribution in [0.25, 0.3) is 0 Å². The predicted molar refractivity (Wildman–Crippen MR) is 73.4 cm³/mol. The first-order valence-corrected chi connectivity index (χ1v) is 6.03. The van der Waals surface area contributed by atoms with Gasteiger partial charge in [0, 0.05) is 5.56 Å².